The van der Waals surface area contributed by atoms with Crippen molar-refractivity contribution >= 4 is 22.7 Å². The van der Waals surface area contributed by atoms with Crippen molar-refractivity contribution < 1.29 is 14.3 Å². The fourth-order valence-electron chi connectivity index (χ4n) is 5.08. The zero-order valence-electron chi connectivity index (χ0n) is 19.0. The molecule has 1 aromatic heterocycles. The number of H-pyrrole nitrogens is 1. The average Bonchev–Trinajstić information content (AvgIpc) is 2.83. The summed E-state index contributed by atoms with van der Waals surface area (Å²) in [5.41, 5.74) is 4.89. The molecule has 0 aliphatic carbocycles. The van der Waals surface area contributed by atoms with E-state index in [1.165, 1.54) is 7.11 Å². The Balaban J connectivity index is 1.54. The molecule has 0 radical (unpaired) electrons. The molecule has 0 spiro atoms. The molecule has 2 aromatic rings. The number of fused-ring (bicyclic) bond motifs is 1. The van der Waals surface area contributed by atoms with E-state index in [1.807, 2.05) is 0 Å². The number of methoxy groups -OCH3 is 1. The molecule has 2 aliphatic rings. The minimum absolute atomic E-state index is 0.147. The Kier molecular flexibility index (Phi) is 6.66. The van der Waals surface area contributed by atoms with Crippen LogP contribution in [-0.2, 0) is 16.1 Å². The molecule has 0 saturated carbocycles. The largest absolute Gasteiger partial charge is 0.383 e. The van der Waals surface area contributed by atoms with E-state index in [0.29, 0.717) is 42.4 Å². The van der Waals surface area contributed by atoms with Gasteiger partial charge in [0.25, 0.3) is 11.5 Å². The van der Waals surface area contributed by atoms with E-state index >= 15 is 0 Å². The van der Waals surface area contributed by atoms with E-state index in [1.54, 1.807) is 23.1 Å². The van der Waals surface area contributed by atoms with Gasteiger partial charge in [-0.3, -0.25) is 23.9 Å². The number of hydrogen-bond acceptors (Lipinski definition) is 6. The number of hydrogen-bond donors (Lipinski definition) is 2. The lowest BCUT2D eigenvalue weighted by Gasteiger charge is -2.48. The normalized spacial score (nSPS) is 19.0. The monoisotopic (exact) mass is 457 g/mol. The lowest BCUT2D eigenvalue weighted by molar-refractivity contribution is -0.134. The van der Waals surface area contributed by atoms with Crippen LogP contribution in [0.15, 0.2) is 27.8 Å². The van der Waals surface area contributed by atoms with Crippen molar-refractivity contribution in [3.63, 3.8) is 0 Å². The van der Waals surface area contributed by atoms with Crippen molar-refractivity contribution in [2.24, 2.45) is 5.73 Å². The van der Waals surface area contributed by atoms with Crippen molar-refractivity contribution in [3.8, 4) is 0 Å². The summed E-state index contributed by atoms with van der Waals surface area (Å²) in [4.78, 5) is 57.2. The number of amides is 2. The van der Waals surface area contributed by atoms with E-state index in [2.05, 4.69) is 9.88 Å². The van der Waals surface area contributed by atoms with Crippen molar-refractivity contribution in [3.05, 3.63) is 44.6 Å². The Hall–Kier alpha value is -2.98. The molecule has 10 nitrogen and oxygen atoms in total. The first-order chi connectivity index (χ1) is 15.9. The van der Waals surface area contributed by atoms with E-state index in [0.717, 1.165) is 36.9 Å². The summed E-state index contributed by atoms with van der Waals surface area (Å²) in [5, 5.41) is 0.332. The molecule has 2 aliphatic heterocycles. The molecule has 1 aromatic carbocycles. The lowest BCUT2D eigenvalue weighted by Crippen LogP contribution is -2.63. The third-order valence-electron chi connectivity index (χ3n) is 7.05. The van der Waals surface area contributed by atoms with Gasteiger partial charge in [-0.05, 0) is 57.0 Å². The molecule has 3 N–H and O–H groups in total. The van der Waals surface area contributed by atoms with Crippen molar-refractivity contribution in [1.82, 2.24) is 19.4 Å². The highest BCUT2D eigenvalue weighted by molar-refractivity contribution is 5.98. The number of benzene rings is 1. The summed E-state index contributed by atoms with van der Waals surface area (Å²) < 4.78 is 6.04. The molecule has 4 rings (SSSR count). The van der Waals surface area contributed by atoms with Gasteiger partial charge in [-0.25, -0.2) is 4.79 Å². The van der Waals surface area contributed by atoms with Gasteiger partial charge >= 0.3 is 5.69 Å². The van der Waals surface area contributed by atoms with Crippen molar-refractivity contribution in [2.45, 2.75) is 44.2 Å². The highest BCUT2D eigenvalue weighted by atomic mass is 16.5. The van der Waals surface area contributed by atoms with E-state index in [-0.39, 0.29) is 25.0 Å². The highest BCUT2D eigenvalue weighted by Gasteiger charge is 2.45. The van der Waals surface area contributed by atoms with Crippen LogP contribution >= 0.6 is 0 Å². The van der Waals surface area contributed by atoms with Gasteiger partial charge in [-0.15, -0.1) is 0 Å². The number of nitrogens with zero attached hydrogens (tertiary/aromatic N) is 3. The zero-order valence-corrected chi connectivity index (χ0v) is 19.0. The first-order valence-electron chi connectivity index (χ1n) is 11.5. The molecule has 3 heterocycles. The maximum atomic E-state index is 13.2. The Morgan fingerprint density at radius 1 is 1.09 bits per heavy atom. The topological polar surface area (TPSA) is 131 Å². The summed E-state index contributed by atoms with van der Waals surface area (Å²) >= 11 is 0. The number of carbonyl (C=O) groups excluding carboxylic acids is 2. The summed E-state index contributed by atoms with van der Waals surface area (Å²) in [6.45, 7) is 2.95. The number of ether oxygens (including phenoxy) is 1. The number of likely N-dealkylation sites (tertiary alicyclic amines) is 2. The van der Waals surface area contributed by atoms with Gasteiger partial charge in [0, 0.05) is 25.8 Å². The third kappa shape index (κ3) is 4.32. The number of aromatic amines is 1. The van der Waals surface area contributed by atoms with Gasteiger partial charge in [0.2, 0.25) is 5.91 Å². The number of nitrogens with one attached hydrogen (secondary N) is 1. The van der Waals surface area contributed by atoms with E-state index in [9.17, 15) is 19.2 Å². The number of aromatic nitrogens is 2. The Labute approximate surface area is 191 Å². The van der Waals surface area contributed by atoms with Crippen molar-refractivity contribution in [2.75, 3.05) is 39.9 Å². The number of primary amides is 1. The summed E-state index contributed by atoms with van der Waals surface area (Å²) in [6, 6.07) is 4.71. The van der Waals surface area contributed by atoms with Crippen LogP contribution in [0, 0.1) is 0 Å². The van der Waals surface area contributed by atoms with Crippen LogP contribution in [0.3, 0.4) is 0 Å². The Morgan fingerprint density at radius 3 is 2.42 bits per heavy atom. The first-order valence-corrected chi connectivity index (χ1v) is 11.5. The molecule has 0 unspecified atom stereocenters. The second-order valence-electron chi connectivity index (χ2n) is 8.88. The second kappa shape index (κ2) is 9.48. The molecule has 2 fully saturated rings. The molecular formula is C23H31N5O5. The van der Waals surface area contributed by atoms with Crippen LogP contribution in [-0.4, -0.2) is 76.6 Å². The third-order valence-corrected chi connectivity index (χ3v) is 7.05. The van der Waals surface area contributed by atoms with Gasteiger partial charge in [0.15, 0.2) is 0 Å². The molecule has 0 atom stereocenters. The Bertz CT molecular complexity index is 1160. The molecule has 33 heavy (non-hydrogen) atoms. The summed E-state index contributed by atoms with van der Waals surface area (Å²) in [7, 11) is 1.50. The number of rotatable bonds is 6. The molecule has 2 amide bonds. The summed E-state index contributed by atoms with van der Waals surface area (Å²) in [5.74, 6) is -0.512. The van der Waals surface area contributed by atoms with Gasteiger partial charge in [0.1, 0.15) is 5.54 Å². The smallest absolute Gasteiger partial charge is 0.328 e. The lowest BCUT2D eigenvalue weighted by atomic mass is 9.83. The molecule has 2 saturated heterocycles. The van der Waals surface area contributed by atoms with Crippen molar-refractivity contribution in [1.29, 1.82) is 0 Å². The minimum atomic E-state index is -0.695. The Morgan fingerprint density at radius 2 is 1.79 bits per heavy atom. The van der Waals surface area contributed by atoms with Crippen LogP contribution in [0.25, 0.3) is 10.9 Å². The molecule has 10 heteroatoms. The maximum absolute atomic E-state index is 13.2. The second-order valence-corrected chi connectivity index (χ2v) is 8.88. The maximum Gasteiger partial charge on any atom is 0.328 e. The van der Waals surface area contributed by atoms with Crippen LogP contribution in [0.1, 0.15) is 42.5 Å². The predicted molar refractivity (Wildman–Crippen MR) is 123 cm³/mol. The number of nitrogens with two attached hydrogens (primary N) is 1. The standard InChI is InChI=1S/C23H31N5O5/c1-33-14-13-28-20(30)17-6-5-16(15-18(17)25-22(28)32)19(29)26-11-7-23(8-12-26,21(24)31)27-9-3-2-4-10-27/h5-6,15H,2-4,7-14H2,1H3,(H2,24,31)(H,25,32). The van der Waals surface area contributed by atoms with Gasteiger partial charge in [0.05, 0.1) is 24.1 Å². The number of carbonyl (C=O) groups is 2. The average molecular weight is 458 g/mol. The van der Waals surface area contributed by atoms with Crippen LogP contribution in [0.5, 0.6) is 0 Å². The zero-order chi connectivity index (χ0) is 23.6. The quantitative estimate of drug-likeness (QED) is 0.641. The highest BCUT2D eigenvalue weighted by Crippen LogP contribution is 2.32. The van der Waals surface area contributed by atoms with Gasteiger partial charge in [-0.2, -0.15) is 0 Å². The molecule has 0 bridgehead atoms. The summed E-state index contributed by atoms with van der Waals surface area (Å²) in [6.07, 6.45) is 4.28. The van der Waals surface area contributed by atoms with Gasteiger partial charge < -0.3 is 20.4 Å². The SMILES string of the molecule is COCCn1c(=O)[nH]c2cc(C(=O)N3CCC(C(N)=O)(N4CCCCC4)CC3)ccc2c1=O. The minimum Gasteiger partial charge on any atom is -0.383 e. The van der Waals surface area contributed by atoms with Crippen LogP contribution < -0.4 is 17.0 Å². The number of piperidine rings is 2. The fourth-order valence-corrected chi connectivity index (χ4v) is 5.08. The van der Waals surface area contributed by atoms with E-state index in [4.69, 9.17) is 10.5 Å². The molecule has 178 valence electrons. The predicted octanol–water partition coefficient (Wildman–Crippen LogP) is 0.282. The first kappa shape index (κ1) is 23.2. The van der Waals surface area contributed by atoms with E-state index < -0.39 is 16.8 Å². The van der Waals surface area contributed by atoms with Crippen LogP contribution in [0.2, 0.25) is 0 Å². The van der Waals surface area contributed by atoms with Crippen LogP contribution in [0.4, 0.5) is 0 Å². The fraction of sp³-hybridized carbons (Fsp3) is 0.565. The van der Waals surface area contributed by atoms with Gasteiger partial charge in [-0.1, -0.05) is 6.42 Å². The molecular weight excluding hydrogens is 426 g/mol.